The molecule has 0 unspecified atom stereocenters. The van der Waals surface area contributed by atoms with Crippen LogP contribution in [0.25, 0.3) is 11.0 Å². The van der Waals surface area contributed by atoms with Gasteiger partial charge in [0.1, 0.15) is 34.2 Å². The zero-order valence-corrected chi connectivity index (χ0v) is 30.5. The summed E-state index contributed by atoms with van der Waals surface area (Å²) in [5.74, 6) is 3.35. The zero-order chi connectivity index (χ0) is 37.0. The molecule has 13 nitrogen and oxygen atoms in total. The second-order valence-electron chi connectivity index (χ2n) is 14.1. The number of methoxy groups -OCH3 is 1. The van der Waals surface area contributed by atoms with Crippen LogP contribution in [0.1, 0.15) is 48.0 Å². The third-order valence-corrected chi connectivity index (χ3v) is 9.90. The molecule has 8 rings (SSSR count). The lowest BCUT2D eigenvalue weighted by Gasteiger charge is -2.16. The number of carbonyl (C=O) groups is 2. The van der Waals surface area contributed by atoms with Crippen LogP contribution in [0.4, 0.5) is 11.6 Å². The summed E-state index contributed by atoms with van der Waals surface area (Å²) < 4.78 is 19.5. The predicted octanol–water partition coefficient (Wildman–Crippen LogP) is 6.13. The number of hydrogen-bond acceptors (Lipinski definition) is 10. The Hall–Kier alpha value is -5.95. The van der Waals surface area contributed by atoms with E-state index in [2.05, 4.69) is 27.6 Å². The first-order chi connectivity index (χ1) is 26.4. The number of ether oxygens (including phenoxy) is 3. The Labute approximate surface area is 313 Å². The summed E-state index contributed by atoms with van der Waals surface area (Å²) in [5.41, 5.74) is 2.14. The van der Waals surface area contributed by atoms with Gasteiger partial charge in [0, 0.05) is 67.9 Å². The molecule has 4 heterocycles. The van der Waals surface area contributed by atoms with Crippen molar-refractivity contribution in [3.05, 3.63) is 102 Å². The van der Waals surface area contributed by atoms with E-state index in [4.69, 9.17) is 24.3 Å². The highest BCUT2D eigenvalue weighted by Gasteiger charge is 2.29. The van der Waals surface area contributed by atoms with Crippen molar-refractivity contribution in [1.82, 2.24) is 29.5 Å². The van der Waals surface area contributed by atoms with Crippen molar-refractivity contribution in [3.63, 3.8) is 0 Å². The largest absolute Gasteiger partial charge is 0.497 e. The van der Waals surface area contributed by atoms with Crippen LogP contribution in [-0.4, -0.2) is 93.3 Å². The number of hydrogen-bond donors (Lipinski definition) is 2. The highest BCUT2D eigenvalue weighted by Crippen LogP contribution is 2.36. The first-order valence-corrected chi connectivity index (χ1v) is 18.5. The summed E-state index contributed by atoms with van der Waals surface area (Å²) in [7, 11) is 3.75. The Kier molecular flexibility index (Phi) is 10.1. The van der Waals surface area contributed by atoms with Crippen LogP contribution >= 0.6 is 0 Å². The van der Waals surface area contributed by atoms with E-state index in [-0.39, 0.29) is 24.0 Å². The van der Waals surface area contributed by atoms with Gasteiger partial charge in [-0.1, -0.05) is 18.2 Å². The summed E-state index contributed by atoms with van der Waals surface area (Å²) >= 11 is 0. The molecule has 2 N–H and O–H groups in total. The van der Waals surface area contributed by atoms with Crippen LogP contribution in [0.15, 0.2) is 91.3 Å². The summed E-state index contributed by atoms with van der Waals surface area (Å²) in [6.07, 6.45) is 12.6. The number of anilines is 2. The molecule has 3 aromatic heterocycles. The Bertz CT molecular complexity index is 2140. The quantitative estimate of drug-likeness (QED) is 0.121. The third-order valence-electron chi connectivity index (χ3n) is 9.90. The van der Waals surface area contributed by atoms with Crippen molar-refractivity contribution < 1.29 is 23.8 Å². The number of amides is 2. The van der Waals surface area contributed by atoms with Gasteiger partial charge in [-0.2, -0.15) is 5.10 Å². The average molecular weight is 729 g/mol. The number of likely N-dealkylation sites (N-methyl/N-ethyl adjacent to an activating group) is 1. The maximum absolute atomic E-state index is 13.1. The lowest BCUT2D eigenvalue weighted by Crippen LogP contribution is -2.30. The first-order valence-electron chi connectivity index (χ1n) is 18.5. The normalized spacial score (nSPS) is 16.9. The molecular formula is C41H44N8O5. The molecule has 278 valence electrons. The van der Waals surface area contributed by atoms with Gasteiger partial charge in [-0.05, 0) is 87.2 Å². The van der Waals surface area contributed by atoms with Crippen LogP contribution in [0.3, 0.4) is 0 Å². The van der Waals surface area contributed by atoms with Crippen LogP contribution in [0.2, 0.25) is 0 Å². The van der Waals surface area contributed by atoms with E-state index in [0.717, 1.165) is 42.5 Å². The van der Waals surface area contributed by atoms with Gasteiger partial charge in [0.2, 0.25) is 5.91 Å². The molecule has 1 aliphatic heterocycles. The van der Waals surface area contributed by atoms with Crippen molar-refractivity contribution in [2.75, 3.05) is 44.4 Å². The van der Waals surface area contributed by atoms with E-state index in [9.17, 15) is 9.59 Å². The van der Waals surface area contributed by atoms with E-state index in [1.807, 2.05) is 46.0 Å². The van der Waals surface area contributed by atoms with Gasteiger partial charge in [-0.15, -0.1) is 0 Å². The monoisotopic (exact) mass is 728 g/mol. The Morgan fingerprint density at radius 1 is 0.926 bits per heavy atom. The maximum atomic E-state index is 13.1. The van der Waals surface area contributed by atoms with Gasteiger partial charge in [0.15, 0.2) is 11.5 Å². The molecule has 1 atom stereocenters. The number of nitrogens with one attached hydrogen (secondary N) is 2. The topological polar surface area (TPSA) is 136 Å². The van der Waals surface area contributed by atoms with Gasteiger partial charge in [0.25, 0.3) is 5.91 Å². The van der Waals surface area contributed by atoms with E-state index in [1.54, 1.807) is 62.0 Å². The van der Waals surface area contributed by atoms with Crippen molar-refractivity contribution >= 4 is 34.5 Å². The van der Waals surface area contributed by atoms with E-state index in [0.29, 0.717) is 65.8 Å². The average Bonchev–Trinajstić information content (AvgIpc) is 4.12. The zero-order valence-electron chi connectivity index (χ0n) is 30.5. The number of benzene rings is 2. The molecule has 0 spiro atoms. The fourth-order valence-electron chi connectivity index (χ4n) is 6.55. The standard InChI is InChI=1S/C41H44N8O5/c1-47(30-9-10-30)22-3-4-37(50)48-23-19-29(26-48)44-39-38-35(18-21-43-40(38)49(46-39)25-27-5-11-31(52-2)12-6-27)54-33-13-7-28(8-14-33)41(51)45-36-24-34(17-20-42-36)53-32-15-16-32/h3-8,11-14,17-18,20-21,24,29-30,32H,9-10,15-16,19,22-23,25-26H2,1-2H3,(H,44,46)(H,42,45,51)/b4-3+/t29-/m1/s1. The molecule has 0 radical (unpaired) electrons. The van der Waals surface area contributed by atoms with Crippen LogP contribution < -0.4 is 24.8 Å². The Balaban J connectivity index is 0.991. The number of nitrogens with zero attached hydrogens (tertiary/aromatic N) is 6. The van der Waals surface area contributed by atoms with E-state index >= 15 is 0 Å². The fourth-order valence-corrected chi connectivity index (χ4v) is 6.55. The first kappa shape index (κ1) is 35.1. The minimum Gasteiger partial charge on any atom is -0.497 e. The number of fused-ring (bicyclic) bond motifs is 1. The molecule has 3 aliphatic rings. The molecule has 2 amide bonds. The molecule has 0 bridgehead atoms. The minimum atomic E-state index is -0.291. The number of aromatic nitrogens is 4. The summed E-state index contributed by atoms with van der Waals surface area (Å²) in [6.45, 7) is 2.46. The second kappa shape index (κ2) is 15.6. The number of rotatable bonds is 15. The van der Waals surface area contributed by atoms with Gasteiger partial charge in [-0.25, -0.2) is 14.6 Å². The highest BCUT2D eigenvalue weighted by atomic mass is 16.5. The van der Waals surface area contributed by atoms with Crippen molar-refractivity contribution in [1.29, 1.82) is 0 Å². The maximum Gasteiger partial charge on any atom is 0.256 e. The fraction of sp³-hybridized carbons (Fsp3) is 0.341. The molecule has 1 saturated heterocycles. The molecule has 3 fully saturated rings. The SMILES string of the molecule is COc1ccc(Cn2nc(N[C@@H]3CCN(C(=O)/C=C/CN(C)C4CC4)C3)c3c(Oc4ccc(C(=O)Nc5cc(OC6CC6)ccn5)cc4)ccnc32)cc1. The molecule has 2 saturated carbocycles. The van der Waals surface area contributed by atoms with Gasteiger partial charge < -0.3 is 29.7 Å². The van der Waals surface area contributed by atoms with Gasteiger partial charge >= 0.3 is 0 Å². The van der Waals surface area contributed by atoms with E-state index in [1.165, 1.54) is 12.8 Å². The summed E-state index contributed by atoms with van der Waals surface area (Å²) in [5, 5.41) is 12.2. The lowest BCUT2D eigenvalue weighted by molar-refractivity contribution is -0.125. The van der Waals surface area contributed by atoms with Gasteiger partial charge in [0.05, 0.1) is 19.8 Å². The molecule has 54 heavy (non-hydrogen) atoms. The molecular weight excluding hydrogens is 685 g/mol. The van der Waals surface area contributed by atoms with Crippen molar-refractivity contribution in [3.8, 4) is 23.0 Å². The summed E-state index contributed by atoms with van der Waals surface area (Å²) in [6, 6.07) is 20.8. The van der Waals surface area contributed by atoms with Crippen molar-refractivity contribution in [2.45, 2.75) is 56.8 Å². The molecule has 5 aromatic rings. The van der Waals surface area contributed by atoms with E-state index < -0.39 is 0 Å². The number of pyridine rings is 2. The molecule has 2 aromatic carbocycles. The Morgan fingerprint density at radius 2 is 1.70 bits per heavy atom. The van der Waals surface area contributed by atoms with Gasteiger partial charge in [-0.3, -0.25) is 14.5 Å². The van der Waals surface area contributed by atoms with Crippen molar-refractivity contribution in [2.24, 2.45) is 0 Å². The minimum absolute atomic E-state index is 0.00895. The predicted molar refractivity (Wildman–Crippen MR) is 205 cm³/mol. The van der Waals surface area contributed by atoms with Crippen LogP contribution in [0.5, 0.6) is 23.0 Å². The smallest absolute Gasteiger partial charge is 0.256 e. The Morgan fingerprint density at radius 3 is 2.46 bits per heavy atom. The highest BCUT2D eigenvalue weighted by molar-refractivity contribution is 6.04. The second-order valence-corrected chi connectivity index (χ2v) is 14.1. The lowest BCUT2D eigenvalue weighted by atomic mass is 10.2. The number of carbonyl (C=O) groups excluding carboxylic acids is 2. The van der Waals surface area contributed by atoms with Crippen LogP contribution in [0, 0.1) is 0 Å². The third kappa shape index (κ3) is 8.47. The number of likely N-dealkylation sites (tertiary alicyclic amines) is 1. The molecule has 2 aliphatic carbocycles. The van der Waals surface area contributed by atoms with Crippen LogP contribution in [-0.2, 0) is 11.3 Å². The summed E-state index contributed by atoms with van der Waals surface area (Å²) in [4.78, 5) is 39.3. The molecule has 13 heteroatoms.